The maximum atomic E-state index is 5.74. The van der Waals surface area contributed by atoms with E-state index in [1.165, 1.54) is 24.0 Å². The van der Waals surface area contributed by atoms with E-state index in [9.17, 15) is 0 Å². The van der Waals surface area contributed by atoms with Gasteiger partial charge in [0.15, 0.2) is 5.96 Å². The number of aliphatic imine (C=N–C) groups is 1. The molecule has 1 fully saturated rings. The molecule has 146 valence electrons. The molecule has 0 spiro atoms. The van der Waals surface area contributed by atoms with Crippen LogP contribution in [0.5, 0.6) is 0 Å². The van der Waals surface area contributed by atoms with E-state index < -0.39 is 0 Å². The maximum Gasteiger partial charge on any atom is 0.194 e. The second-order valence-corrected chi connectivity index (χ2v) is 7.29. The molecule has 0 atom stereocenters. The summed E-state index contributed by atoms with van der Waals surface area (Å²) in [5, 5.41) is 3.37. The fraction of sp³-hybridized carbons (Fsp3) is 0.667. The lowest BCUT2D eigenvalue weighted by molar-refractivity contribution is 0.0657. The summed E-state index contributed by atoms with van der Waals surface area (Å²) in [5.41, 5.74) is 2.39. The van der Waals surface area contributed by atoms with Gasteiger partial charge in [0.05, 0.1) is 25.9 Å². The normalized spacial score (nSPS) is 14.7. The molecule has 0 bridgehead atoms. The van der Waals surface area contributed by atoms with Crippen LogP contribution in [0.25, 0.3) is 0 Å². The highest BCUT2D eigenvalue weighted by Crippen LogP contribution is 2.28. The quantitative estimate of drug-likeness (QED) is 0.373. The summed E-state index contributed by atoms with van der Waals surface area (Å²) >= 11 is 0. The van der Waals surface area contributed by atoms with Crippen molar-refractivity contribution in [2.75, 3.05) is 33.4 Å². The molecule has 0 saturated heterocycles. The highest BCUT2D eigenvalue weighted by Gasteiger charge is 2.21. The van der Waals surface area contributed by atoms with Gasteiger partial charge in [0.25, 0.3) is 0 Å². The van der Waals surface area contributed by atoms with E-state index in [1.54, 1.807) is 0 Å². The Morgan fingerprint density at radius 2 is 2.08 bits per heavy atom. The third-order valence-electron chi connectivity index (χ3n) is 4.30. The highest BCUT2D eigenvalue weighted by molar-refractivity contribution is 5.79. The Balaban J connectivity index is 1.84. The summed E-state index contributed by atoms with van der Waals surface area (Å²) in [7, 11) is 2.06. The Hall–Kier alpha value is -1.59. The van der Waals surface area contributed by atoms with Crippen LogP contribution < -0.4 is 5.32 Å². The van der Waals surface area contributed by atoms with Gasteiger partial charge in [0, 0.05) is 26.7 Å². The molecule has 2 rings (SSSR count). The van der Waals surface area contributed by atoms with E-state index in [0.29, 0.717) is 13.2 Å². The van der Waals surface area contributed by atoms with E-state index in [1.807, 2.05) is 0 Å². The van der Waals surface area contributed by atoms with Gasteiger partial charge in [0.2, 0.25) is 0 Å². The lowest BCUT2D eigenvalue weighted by Gasteiger charge is -2.22. The topological polar surface area (TPSA) is 46.1 Å². The second kappa shape index (κ2) is 11.2. The number of likely N-dealkylation sites (N-methyl/N-ethyl adjacent to an activating group) is 1. The molecule has 1 aromatic carbocycles. The van der Waals surface area contributed by atoms with E-state index in [4.69, 9.17) is 14.5 Å². The summed E-state index contributed by atoms with van der Waals surface area (Å²) < 4.78 is 11.4. The molecule has 1 aromatic rings. The monoisotopic (exact) mass is 361 g/mol. The van der Waals surface area contributed by atoms with Crippen molar-refractivity contribution in [3.63, 3.8) is 0 Å². The summed E-state index contributed by atoms with van der Waals surface area (Å²) in [4.78, 5) is 6.92. The molecule has 1 N–H and O–H groups in total. The molecule has 0 amide bonds. The van der Waals surface area contributed by atoms with Crippen molar-refractivity contribution in [3.8, 4) is 0 Å². The second-order valence-electron chi connectivity index (χ2n) is 7.29. The molecular weight excluding hydrogens is 326 g/mol. The number of nitrogens with one attached hydrogen (secondary N) is 1. The average Bonchev–Trinajstić information content (AvgIpc) is 3.45. The smallest absolute Gasteiger partial charge is 0.194 e. The van der Waals surface area contributed by atoms with Crippen LogP contribution in [0, 0.1) is 5.92 Å². The number of benzene rings is 1. The molecule has 0 radical (unpaired) electrons. The third-order valence-corrected chi connectivity index (χ3v) is 4.30. The molecule has 1 aliphatic carbocycles. The number of guanidine groups is 1. The lowest BCUT2D eigenvalue weighted by atomic mass is 10.1. The SMILES string of the molecule is CCNC(=NCc1cccc(COC(C)C)c1)N(C)CCOCC1CC1. The van der Waals surface area contributed by atoms with Crippen LogP contribution in [0.15, 0.2) is 29.3 Å². The first-order chi connectivity index (χ1) is 12.6. The van der Waals surface area contributed by atoms with Gasteiger partial charge < -0.3 is 19.7 Å². The molecule has 1 aliphatic rings. The summed E-state index contributed by atoms with van der Waals surface area (Å²) in [6.45, 7) is 10.9. The van der Waals surface area contributed by atoms with Crippen LogP contribution in [-0.4, -0.2) is 50.3 Å². The molecule has 0 aromatic heterocycles. The zero-order valence-electron chi connectivity index (χ0n) is 16.8. The fourth-order valence-electron chi connectivity index (χ4n) is 2.56. The van der Waals surface area contributed by atoms with Gasteiger partial charge in [-0.15, -0.1) is 0 Å². The van der Waals surface area contributed by atoms with E-state index >= 15 is 0 Å². The minimum Gasteiger partial charge on any atom is -0.379 e. The van der Waals surface area contributed by atoms with Crippen molar-refractivity contribution in [1.29, 1.82) is 0 Å². The number of ether oxygens (including phenoxy) is 2. The van der Waals surface area contributed by atoms with Crippen molar-refractivity contribution in [3.05, 3.63) is 35.4 Å². The molecule has 5 nitrogen and oxygen atoms in total. The van der Waals surface area contributed by atoms with E-state index in [2.05, 4.69) is 62.3 Å². The van der Waals surface area contributed by atoms with Gasteiger partial charge in [0.1, 0.15) is 0 Å². The minimum absolute atomic E-state index is 0.243. The maximum absolute atomic E-state index is 5.74. The molecule has 0 aliphatic heterocycles. The zero-order chi connectivity index (χ0) is 18.8. The lowest BCUT2D eigenvalue weighted by Crippen LogP contribution is -2.40. The predicted molar refractivity (Wildman–Crippen MR) is 107 cm³/mol. The van der Waals surface area contributed by atoms with Gasteiger partial charge >= 0.3 is 0 Å². The van der Waals surface area contributed by atoms with Crippen LogP contribution in [0.1, 0.15) is 44.7 Å². The first-order valence-corrected chi connectivity index (χ1v) is 9.85. The molecule has 0 heterocycles. The largest absolute Gasteiger partial charge is 0.379 e. The van der Waals surface area contributed by atoms with Crippen molar-refractivity contribution < 1.29 is 9.47 Å². The molecule has 5 heteroatoms. The molecule has 1 saturated carbocycles. The Kier molecular flexibility index (Phi) is 8.92. The van der Waals surface area contributed by atoms with Gasteiger partial charge in [-0.25, -0.2) is 4.99 Å². The Bertz CT molecular complexity index is 556. The standard InChI is InChI=1S/C21H35N3O2/c1-5-22-21(24(4)11-12-25-15-18-9-10-18)23-14-19-7-6-8-20(13-19)16-26-17(2)3/h6-8,13,17-18H,5,9-12,14-16H2,1-4H3,(H,22,23). The van der Waals surface area contributed by atoms with Crippen LogP contribution in [0.3, 0.4) is 0 Å². The van der Waals surface area contributed by atoms with Gasteiger partial charge in [-0.3, -0.25) is 0 Å². The first kappa shape index (κ1) is 20.7. The van der Waals surface area contributed by atoms with Crippen molar-refractivity contribution in [1.82, 2.24) is 10.2 Å². The molecular formula is C21H35N3O2. The number of rotatable bonds is 11. The zero-order valence-corrected chi connectivity index (χ0v) is 16.8. The van der Waals surface area contributed by atoms with Crippen molar-refractivity contribution in [2.45, 2.75) is 52.9 Å². The van der Waals surface area contributed by atoms with Crippen LogP contribution in [0.2, 0.25) is 0 Å². The fourth-order valence-corrected chi connectivity index (χ4v) is 2.56. The van der Waals surface area contributed by atoms with Crippen molar-refractivity contribution in [2.24, 2.45) is 10.9 Å². The number of hydrogen-bond acceptors (Lipinski definition) is 3. The summed E-state index contributed by atoms with van der Waals surface area (Å²) in [6, 6.07) is 8.47. The van der Waals surface area contributed by atoms with Gasteiger partial charge in [-0.05, 0) is 50.7 Å². The Morgan fingerprint density at radius 1 is 1.31 bits per heavy atom. The van der Waals surface area contributed by atoms with Crippen LogP contribution in [0.4, 0.5) is 0 Å². The molecule has 26 heavy (non-hydrogen) atoms. The van der Waals surface area contributed by atoms with Crippen molar-refractivity contribution >= 4 is 5.96 Å². The predicted octanol–water partition coefficient (Wildman–Crippen LogP) is 3.44. The third kappa shape index (κ3) is 8.19. The Labute approximate surface area is 158 Å². The van der Waals surface area contributed by atoms with E-state index in [-0.39, 0.29) is 6.10 Å². The van der Waals surface area contributed by atoms with Gasteiger partial charge in [-0.2, -0.15) is 0 Å². The average molecular weight is 362 g/mol. The van der Waals surface area contributed by atoms with E-state index in [0.717, 1.165) is 38.2 Å². The molecule has 0 unspecified atom stereocenters. The number of nitrogens with zero attached hydrogens (tertiary/aromatic N) is 2. The first-order valence-electron chi connectivity index (χ1n) is 9.85. The summed E-state index contributed by atoms with van der Waals surface area (Å²) in [6.07, 6.45) is 2.91. The van der Waals surface area contributed by atoms with Gasteiger partial charge in [-0.1, -0.05) is 24.3 Å². The van der Waals surface area contributed by atoms with Crippen LogP contribution in [-0.2, 0) is 22.6 Å². The van der Waals surface area contributed by atoms with Crippen LogP contribution >= 0.6 is 0 Å². The highest BCUT2D eigenvalue weighted by atomic mass is 16.5. The summed E-state index contributed by atoms with van der Waals surface area (Å²) in [5.74, 6) is 1.74. The number of hydrogen-bond donors (Lipinski definition) is 1. The Morgan fingerprint density at radius 3 is 2.77 bits per heavy atom. The minimum atomic E-state index is 0.243.